The Morgan fingerprint density at radius 2 is 1.88 bits per heavy atom. The first-order chi connectivity index (χ1) is 11.6. The number of fused-ring (bicyclic) bond motifs is 1. The van der Waals surface area contributed by atoms with Crippen molar-refractivity contribution in [3.63, 3.8) is 0 Å². The quantitative estimate of drug-likeness (QED) is 0.833. The SMILES string of the molecule is Cc1cc2c(cn1)CN(C(=O)c1ccc(N3CCCC3)c(Cl)c1)C2. The van der Waals surface area contributed by atoms with Gasteiger partial charge in [-0.25, -0.2) is 0 Å². The van der Waals surface area contributed by atoms with Crippen molar-refractivity contribution in [2.24, 2.45) is 0 Å². The normalized spacial score (nSPS) is 16.6. The second-order valence-corrected chi connectivity index (χ2v) is 7.02. The maximum absolute atomic E-state index is 12.8. The molecule has 0 unspecified atom stereocenters. The number of aromatic nitrogens is 1. The summed E-state index contributed by atoms with van der Waals surface area (Å²) in [5.74, 6) is 0.0266. The fourth-order valence-electron chi connectivity index (χ4n) is 3.58. The van der Waals surface area contributed by atoms with E-state index < -0.39 is 0 Å². The second-order valence-electron chi connectivity index (χ2n) is 6.62. The molecular weight excluding hydrogens is 322 g/mol. The first-order valence-electron chi connectivity index (χ1n) is 8.40. The summed E-state index contributed by atoms with van der Waals surface area (Å²) in [7, 11) is 0. The highest BCUT2D eigenvalue weighted by Gasteiger charge is 2.25. The molecule has 0 N–H and O–H groups in total. The Morgan fingerprint density at radius 1 is 1.12 bits per heavy atom. The number of nitrogens with zero attached hydrogens (tertiary/aromatic N) is 3. The number of carbonyl (C=O) groups excluding carboxylic acids is 1. The van der Waals surface area contributed by atoms with Crippen LogP contribution in [-0.2, 0) is 13.1 Å². The van der Waals surface area contributed by atoms with E-state index in [0.29, 0.717) is 23.7 Å². The van der Waals surface area contributed by atoms with Crippen molar-refractivity contribution in [3.8, 4) is 0 Å². The summed E-state index contributed by atoms with van der Waals surface area (Å²) in [4.78, 5) is 21.3. The minimum Gasteiger partial charge on any atom is -0.370 e. The van der Waals surface area contributed by atoms with Gasteiger partial charge in [0.05, 0.1) is 10.7 Å². The van der Waals surface area contributed by atoms with Gasteiger partial charge in [0, 0.05) is 43.6 Å². The third-order valence-corrected chi connectivity index (χ3v) is 5.17. The van der Waals surface area contributed by atoms with Gasteiger partial charge in [0.15, 0.2) is 0 Å². The van der Waals surface area contributed by atoms with Crippen molar-refractivity contribution in [3.05, 3.63) is 57.9 Å². The molecule has 2 aromatic rings. The van der Waals surface area contributed by atoms with E-state index in [1.54, 1.807) is 0 Å². The smallest absolute Gasteiger partial charge is 0.254 e. The van der Waals surface area contributed by atoms with Crippen molar-refractivity contribution < 1.29 is 4.79 Å². The van der Waals surface area contributed by atoms with E-state index in [1.165, 1.54) is 18.4 Å². The Morgan fingerprint density at radius 3 is 2.62 bits per heavy atom. The number of hydrogen-bond acceptors (Lipinski definition) is 3. The lowest BCUT2D eigenvalue weighted by Gasteiger charge is -2.20. The summed E-state index contributed by atoms with van der Waals surface area (Å²) in [6, 6.07) is 7.75. The molecule has 124 valence electrons. The molecule has 0 spiro atoms. The lowest BCUT2D eigenvalue weighted by molar-refractivity contribution is 0.0751. The van der Waals surface area contributed by atoms with Gasteiger partial charge in [-0.1, -0.05) is 11.6 Å². The average molecular weight is 342 g/mol. The molecule has 0 radical (unpaired) electrons. The summed E-state index contributed by atoms with van der Waals surface area (Å²) in [6.07, 6.45) is 4.29. The Hall–Kier alpha value is -2.07. The largest absolute Gasteiger partial charge is 0.370 e. The molecule has 0 bridgehead atoms. The monoisotopic (exact) mass is 341 g/mol. The molecule has 4 rings (SSSR count). The molecule has 1 aromatic heterocycles. The van der Waals surface area contributed by atoms with Gasteiger partial charge in [0.25, 0.3) is 5.91 Å². The van der Waals surface area contributed by atoms with Crippen LogP contribution in [0.5, 0.6) is 0 Å². The highest BCUT2D eigenvalue weighted by atomic mass is 35.5. The fourth-order valence-corrected chi connectivity index (χ4v) is 3.88. The van der Waals surface area contributed by atoms with Gasteiger partial charge in [-0.15, -0.1) is 0 Å². The first-order valence-corrected chi connectivity index (χ1v) is 8.78. The van der Waals surface area contributed by atoms with Gasteiger partial charge in [0.2, 0.25) is 0 Å². The zero-order chi connectivity index (χ0) is 16.7. The number of hydrogen-bond donors (Lipinski definition) is 0. The van der Waals surface area contributed by atoms with E-state index in [9.17, 15) is 4.79 Å². The number of anilines is 1. The number of rotatable bonds is 2. The lowest BCUT2D eigenvalue weighted by atomic mass is 10.1. The van der Waals surface area contributed by atoms with E-state index in [4.69, 9.17) is 11.6 Å². The molecule has 1 fully saturated rings. The van der Waals surface area contributed by atoms with Crippen molar-refractivity contribution in [1.29, 1.82) is 0 Å². The number of pyridine rings is 1. The van der Waals surface area contributed by atoms with Crippen LogP contribution in [0, 0.1) is 6.92 Å². The van der Waals surface area contributed by atoms with Gasteiger partial charge in [-0.2, -0.15) is 0 Å². The van der Waals surface area contributed by atoms with Crippen LogP contribution in [-0.4, -0.2) is 28.9 Å². The van der Waals surface area contributed by atoms with E-state index in [1.807, 2.05) is 36.2 Å². The first kappa shape index (κ1) is 15.5. The van der Waals surface area contributed by atoms with Crippen LogP contribution >= 0.6 is 11.6 Å². The van der Waals surface area contributed by atoms with Gasteiger partial charge in [0.1, 0.15) is 0 Å². The third kappa shape index (κ3) is 2.75. The highest BCUT2D eigenvalue weighted by molar-refractivity contribution is 6.33. The Balaban J connectivity index is 1.54. The minimum absolute atomic E-state index is 0.0266. The minimum atomic E-state index is 0.0266. The van der Waals surface area contributed by atoms with E-state index in [0.717, 1.165) is 30.0 Å². The Labute approximate surface area is 147 Å². The molecule has 4 nitrogen and oxygen atoms in total. The molecule has 1 aromatic carbocycles. The molecule has 0 aliphatic carbocycles. The number of carbonyl (C=O) groups is 1. The zero-order valence-corrected chi connectivity index (χ0v) is 14.5. The zero-order valence-electron chi connectivity index (χ0n) is 13.8. The highest BCUT2D eigenvalue weighted by Crippen LogP contribution is 2.31. The topological polar surface area (TPSA) is 36.4 Å². The van der Waals surface area contributed by atoms with E-state index >= 15 is 0 Å². The summed E-state index contributed by atoms with van der Waals surface area (Å²) < 4.78 is 0. The predicted molar refractivity (Wildman–Crippen MR) is 95.5 cm³/mol. The lowest BCUT2D eigenvalue weighted by Crippen LogP contribution is -2.25. The van der Waals surface area contributed by atoms with Crippen molar-refractivity contribution in [2.45, 2.75) is 32.9 Å². The number of benzene rings is 1. The van der Waals surface area contributed by atoms with Crippen LogP contribution in [0.4, 0.5) is 5.69 Å². The van der Waals surface area contributed by atoms with Gasteiger partial charge >= 0.3 is 0 Å². The summed E-state index contributed by atoms with van der Waals surface area (Å²) in [5.41, 5.74) is 5.00. The maximum Gasteiger partial charge on any atom is 0.254 e. The van der Waals surface area contributed by atoms with Crippen molar-refractivity contribution in [2.75, 3.05) is 18.0 Å². The van der Waals surface area contributed by atoms with E-state index in [-0.39, 0.29) is 5.91 Å². The van der Waals surface area contributed by atoms with Crippen LogP contribution in [0.1, 0.15) is 40.0 Å². The maximum atomic E-state index is 12.8. The summed E-state index contributed by atoms with van der Waals surface area (Å²) >= 11 is 6.45. The molecule has 3 heterocycles. The fraction of sp³-hybridized carbons (Fsp3) is 0.368. The third-order valence-electron chi connectivity index (χ3n) is 4.87. The Kier molecular flexibility index (Phi) is 3.93. The summed E-state index contributed by atoms with van der Waals surface area (Å²) in [6.45, 7) is 5.32. The predicted octanol–water partition coefficient (Wildman–Crippen LogP) is 3.80. The molecule has 2 aliphatic rings. The van der Waals surface area contributed by atoms with Gasteiger partial charge < -0.3 is 9.80 Å². The molecule has 24 heavy (non-hydrogen) atoms. The molecule has 1 amide bonds. The molecule has 1 saturated heterocycles. The number of amides is 1. The number of halogens is 1. The molecule has 2 aliphatic heterocycles. The Bertz CT molecular complexity index is 799. The van der Waals surface area contributed by atoms with Crippen LogP contribution in [0.15, 0.2) is 30.5 Å². The molecule has 5 heteroatoms. The van der Waals surface area contributed by atoms with Gasteiger partial charge in [-0.05, 0) is 55.2 Å². The van der Waals surface area contributed by atoms with Crippen LogP contribution < -0.4 is 4.90 Å². The van der Waals surface area contributed by atoms with Crippen molar-refractivity contribution in [1.82, 2.24) is 9.88 Å². The van der Waals surface area contributed by atoms with E-state index in [2.05, 4.69) is 16.0 Å². The van der Waals surface area contributed by atoms with Crippen LogP contribution in [0.2, 0.25) is 5.02 Å². The van der Waals surface area contributed by atoms with Crippen LogP contribution in [0.3, 0.4) is 0 Å². The molecule has 0 atom stereocenters. The summed E-state index contributed by atoms with van der Waals surface area (Å²) in [5, 5.41) is 0.664. The average Bonchev–Trinajstić information content (AvgIpc) is 3.22. The van der Waals surface area contributed by atoms with Gasteiger partial charge in [-0.3, -0.25) is 9.78 Å². The van der Waals surface area contributed by atoms with Crippen molar-refractivity contribution >= 4 is 23.2 Å². The van der Waals surface area contributed by atoms with Crippen LogP contribution in [0.25, 0.3) is 0 Å². The second kappa shape index (κ2) is 6.10. The molecular formula is C19H20ClN3O. The standard InChI is InChI=1S/C19H20ClN3O/c1-13-8-15-11-23(12-16(15)10-21-13)19(24)14-4-5-18(17(20)9-14)22-6-2-3-7-22/h4-5,8-10H,2-3,6-7,11-12H2,1H3. The number of aryl methyl sites for hydroxylation is 1. The molecule has 0 saturated carbocycles.